The Morgan fingerprint density at radius 1 is 1.41 bits per heavy atom. The first-order valence-corrected chi connectivity index (χ1v) is 8.27. The van der Waals surface area contributed by atoms with Crippen LogP contribution in [0.15, 0.2) is 17.5 Å². The molecule has 0 bridgehead atoms. The largest absolute Gasteiger partial charge is 0.481 e. The van der Waals surface area contributed by atoms with Crippen molar-refractivity contribution >= 4 is 29.1 Å². The molecule has 6 nitrogen and oxygen atoms in total. The SMILES string of the molecule is O=C(NCC1(C(=O)O)CC1)C1CCCN1C(=O)c1cccs1. The third-order valence-corrected chi connectivity index (χ3v) is 5.31. The van der Waals surface area contributed by atoms with Gasteiger partial charge in [0.15, 0.2) is 0 Å². The molecule has 0 aromatic carbocycles. The van der Waals surface area contributed by atoms with E-state index in [9.17, 15) is 14.4 Å². The predicted molar refractivity (Wildman–Crippen MR) is 80.7 cm³/mol. The Hall–Kier alpha value is -1.89. The maximum Gasteiger partial charge on any atom is 0.311 e. The number of nitrogens with one attached hydrogen (secondary N) is 1. The Morgan fingerprint density at radius 3 is 2.77 bits per heavy atom. The highest BCUT2D eigenvalue weighted by Gasteiger charge is 2.50. The first kappa shape index (κ1) is 15.0. The van der Waals surface area contributed by atoms with Crippen LogP contribution in [0, 0.1) is 5.41 Å². The van der Waals surface area contributed by atoms with Crippen LogP contribution in [0.25, 0.3) is 0 Å². The van der Waals surface area contributed by atoms with Gasteiger partial charge in [-0.15, -0.1) is 11.3 Å². The Balaban J connectivity index is 1.62. The normalized spacial score (nSPS) is 22.4. The molecule has 2 N–H and O–H groups in total. The van der Waals surface area contributed by atoms with Crippen LogP contribution in [0.3, 0.4) is 0 Å². The van der Waals surface area contributed by atoms with E-state index in [-0.39, 0.29) is 18.4 Å². The van der Waals surface area contributed by atoms with Crippen molar-refractivity contribution in [1.82, 2.24) is 10.2 Å². The number of rotatable bonds is 5. The van der Waals surface area contributed by atoms with Gasteiger partial charge in [-0.1, -0.05) is 6.07 Å². The van der Waals surface area contributed by atoms with Crippen LogP contribution in [-0.4, -0.2) is 46.9 Å². The van der Waals surface area contributed by atoms with Gasteiger partial charge < -0.3 is 15.3 Å². The molecule has 1 unspecified atom stereocenters. The molecule has 22 heavy (non-hydrogen) atoms. The molecule has 1 saturated carbocycles. The molecule has 2 amide bonds. The second kappa shape index (κ2) is 5.72. The Morgan fingerprint density at radius 2 is 2.18 bits per heavy atom. The summed E-state index contributed by atoms with van der Waals surface area (Å²) in [7, 11) is 0. The third kappa shape index (κ3) is 2.72. The average Bonchev–Trinajstić information content (AvgIpc) is 2.95. The molecule has 2 heterocycles. The van der Waals surface area contributed by atoms with Gasteiger partial charge in [-0.05, 0) is 37.1 Å². The fourth-order valence-corrected chi connectivity index (χ4v) is 3.49. The van der Waals surface area contributed by atoms with E-state index in [1.54, 1.807) is 11.0 Å². The smallest absolute Gasteiger partial charge is 0.311 e. The minimum absolute atomic E-state index is 0.119. The number of aliphatic carboxylic acids is 1. The highest BCUT2D eigenvalue weighted by molar-refractivity contribution is 7.12. The standard InChI is InChI=1S/C15H18N2O4S/c18-12(16-9-15(5-6-15)14(20)21)10-3-1-7-17(10)13(19)11-4-2-8-22-11/h2,4,8,10H,1,3,5-7,9H2,(H,16,18)(H,20,21). The van der Waals surface area contributed by atoms with Crippen molar-refractivity contribution in [2.24, 2.45) is 5.41 Å². The molecule has 1 saturated heterocycles. The fraction of sp³-hybridized carbons (Fsp3) is 0.533. The van der Waals surface area contributed by atoms with Crippen molar-refractivity contribution in [2.45, 2.75) is 31.7 Å². The zero-order valence-electron chi connectivity index (χ0n) is 12.1. The number of likely N-dealkylation sites (tertiary alicyclic amines) is 1. The van der Waals surface area contributed by atoms with Crippen LogP contribution in [0.1, 0.15) is 35.4 Å². The van der Waals surface area contributed by atoms with Gasteiger partial charge in [0.2, 0.25) is 5.91 Å². The quantitative estimate of drug-likeness (QED) is 0.856. The lowest BCUT2D eigenvalue weighted by Crippen LogP contribution is -2.47. The van der Waals surface area contributed by atoms with E-state index in [4.69, 9.17) is 5.11 Å². The van der Waals surface area contributed by atoms with Gasteiger partial charge in [0.25, 0.3) is 5.91 Å². The monoisotopic (exact) mass is 322 g/mol. The van der Waals surface area contributed by atoms with Gasteiger partial charge in [-0.3, -0.25) is 14.4 Å². The maximum absolute atomic E-state index is 12.4. The van der Waals surface area contributed by atoms with Crippen LogP contribution < -0.4 is 5.32 Å². The zero-order valence-corrected chi connectivity index (χ0v) is 12.9. The maximum atomic E-state index is 12.4. The first-order valence-electron chi connectivity index (χ1n) is 7.39. The molecule has 1 aromatic heterocycles. The number of carbonyl (C=O) groups excluding carboxylic acids is 2. The summed E-state index contributed by atoms with van der Waals surface area (Å²) < 4.78 is 0. The number of carboxylic acids is 1. The van der Waals surface area contributed by atoms with Gasteiger partial charge in [-0.2, -0.15) is 0 Å². The van der Waals surface area contributed by atoms with E-state index >= 15 is 0 Å². The number of thiophene rings is 1. The number of carboxylic acid groups (broad SMARTS) is 1. The number of hydrogen-bond acceptors (Lipinski definition) is 4. The van der Waals surface area contributed by atoms with Gasteiger partial charge in [-0.25, -0.2) is 0 Å². The van der Waals surface area contributed by atoms with Crippen LogP contribution in [-0.2, 0) is 9.59 Å². The van der Waals surface area contributed by atoms with E-state index in [2.05, 4.69) is 5.32 Å². The van der Waals surface area contributed by atoms with Gasteiger partial charge in [0.05, 0.1) is 10.3 Å². The lowest BCUT2D eigenvalue weighted by molar-refractivity contribution is -0.143. The van der Waals surface area contributed by atoms with Crippen LogP contribution >= 0.6 is 11.3 Å². The molecule has 118 valence electrons. The number of hydrogen-bond donors (Lipinski definition) is 2. The summed E-state index contributed by atoms with van der Waals surface area (Å²) in [6.45, 7) is 0.720. The molecule has 0 spiro atoms. The van der Waals surface area contributed by atoms with E-state index in [0.29, 0.717) is 30.7 Å². The van der Waals surface area contributed by atoms with Crippen molar-refractivity contribution in [3.05, 3.63) is 22.4 Å². The van der Waals surface area contributed by atoms with Crippen molar-refractivity contribution in [1.29, 1.82) is 0 Å². The van der Waals surface area contributed by atoms with Crippen molar-refractivity contribution in [3.63, 3.8) is 0 Å². The van der Waals surface area contributed by atoms with Gasteiger partial charge in [0.1, 0.15) is 6.04 Å². The van der Waals surface area contributed by atoms with Gasteiger partial charge in [0, 0.05) is 13.1 Å². The van der Waals surface area contributed by atoms with E-state index in [1.165, 1.54) is 11.3 Å². The summed E-state index contributed by atoms with van der Waals surface area (Å²) in [4.78, 5) is 38.1. The minimum Gasteiger partial charge on any atom is -0.481 e. The molecule has 2 aliphatic rings. The minimum atomic E-state index is -0.856. The van der Waals surface area contributed by atoms with Crippen molar-refractivity contribution in [2.75, 3.05) is 13.1 Å². The van der Waals surface area contributed by atoms with Crippen molar-refractivity contribution in [3.8, 4) is 0 Å². The molecular formula is C15H18N2O4S. The summed E-state index contributed by atoms with van der Waals surface area (Å²) >= 11 is 1.36. The summed E-state index contributed by atoms with van der Waals surface area (Å²) in [6.07, 6.45) is 2.62. The number of amides is 2. The predicted octanol–water partition coefficient (Wildman–Crippen LogP) is 1.33. The summed E-state index contributed by atoms with van der Waals surface area (Å²) in [5, 5.41) is 13.7. The van der Waals surface area contributed by atoms with Gasteiger partial charge >= 0.3 is 5.97 Å². The Bertz CT molecular complexity index is 595. The summed E-state index contributed by atoms with van der Waals surface area (Å²) in [6, 6.07) is 3.08. The lowest BCUT2D eigenvalue weighted by Gasteiger charge is -2.24. The van der Waals surface area contributed by atoms with Crippen LogP contribution in [0.4, 0.5) is 0 Å². The summed E-state index contributed by atoms with van der Waals surface area (Å²) in [5.74, 6) is -1.22. The molecule has 0 radical (unpaired) electrons. The third-order valence-electron chi connectivity index (χ3n) is 4.46. The second-order valence-corrected chi connectivity index (χ2v) is 6.88. The molecule has 1 atom stereocenters. The first-order chi connectivity index (χ1) is 10.5. The molecule has 7 heteroatoms. The highest BCUT2D eigenvalue weighted by atomic mass is 32.1. The highest BCUT2D eigenvalue weighted by Crippen LogP contribution is 2.45. The molecule has 1 aromatic rings. The number of carbonyl (C=O) groups is 3. The number of nitrogens with zero attached hydrogens (tertiary/aromatic N) is 1. The Kier molecular flexibility index (Phi) is 3.90. The Labute approximate surface area is 132 Å². The molecule has 3 rings (SSSR count). The zero-order chi connectivity index (χ0) is 15.7. The molecule has 1 aliphatic heterocycles. The van der Waals surface area contributed by atoms with E-state index in [1.807, 2.05) is 11.4 Å². The van der Waals surface area contributed by atoms with Crippen molar-refractivity contribution < 1.29 is 19.5 Å². The van der Waals surface area contributed by atoms with Crippen LogP contribution in [0.2, 0.25) is 0 Å². The molecule has 1 aliphatic carbocycles. The second-order valence-electron chi connectivity index (χ2n) is 5.94. The topological polar surface area (TPSA) is 86.7 Å². The van der Waals surface area contributed by atoms with E-state index in [0.717, 1.165) is 6.42 Å². The molecule has 2 fully saturated rings. The molecular weight excluding hydrogens is 304 g/mol. The fourth-order valence-electron chi connectivity index (χ4n) is 2.82. The van der Waals surface area contributed by atoms with Crippen LogP contribution in [0.5, 0.6) is 0 Å². The average molecular weight is 322 g/mol. The summed E-state index contributed by atoms with van der Waals surface area (Å²) in [5.41, 5.74) is -0.781. The van der Waals surface area contributed by atoms with E-state index < -0.39 is 17.4 Å². The lowest BCUT2D eigenvalue weighted by atomic mass is 10.1.